The molecule has 0 saturated carbocycles. The number of ether oxygens (including phenoxy) is 1. The molecule has 2 aliphatic heterocycles. The van der Waals surface area contributed by atoms with Crippen molar-refractivity contribution < 1.29 is 24.0 Å². The Labute approximate surface area is 224 Å². The zero-order valence-corrected chi connectivity index (χ0v) is 21.5. The number of carbonyl (C=O) groups excluding carboxylic acids is 3. The third-order valence-electron chi connectivity index (χ3n) is 7.69. The van der Waals surface area contributed by atoms with E-state index in [1.54, 1.807) is 51.3 Å². The van der Waals surface area contributed by atoms with E-state index in [2.05, 4.69) is 5.10 Å². The Bertz CT molecular complexity index is 1550. The summed E-state index contributed by atoms with van der Waals surface area (Å²) >= 11 is 0. The van der Waals surface area contributed by atoms with E-state index in [1.165, 1.54) is 29.3 Å². The van der Waals surface area contributed by atoms with E-state index in [0.29, 0.717) is 11.1 Å². The smallest absolute Gasteiger partial charge is 0.331 e. The molecule has 0 amide bonds. The summed E-state index contributed by atoms with van der Waals surface area (Å²) in [5, 5.41) is 17.6. The minimum absolute atomic E-state index is 0.145. The van der Waals surface area contributed by atoms with E-state index >= 15 is 0 Å². The minimum atomic E-state index is -1.75. The molecule has 0 N–H and O–H groups in total. The summed E-state index contributed by atoms with van der Waals surface area (Å²) in [6.07, 6.45) is 1.62. The number of hydrazone groups is 1. The van der Waals surface area contributed by atoms with Crippen molar-refractivity contribution in [2.24, 2.45) is 10.5 Å². The molecule has 196 valence electrons. The average Bonchev–Trinajstić information content (AvgIpc) is 3.34. The van der Waals surface area contributed by atoms with Crippen LogP contribution in [-0.4, -0.2) is 45.3 Å². The summed E-state index contributed by atoms with van der Waals surface area (Å²) in [7, 11) is 0. The largest absolute Gasteiger partial charge is 0.458 e. The lowest BCUT2D eigenvalue weighted by atomic mass is 9.63. The molecule has 1 aliphatic carbocycles. The summed E-state index contributed by atoms with van der Waals surface area (Å²) in [6.45, 7) is 5.22. The highest BCUT2D eigenvalue weighted by molar-refractivity contribution is 6.31. The number of carbonyl (C=O) groups is 3. The number of nitro benzene ring substituents is 1. The molecule has 9 heteroatoms. The molecule has 39 heavy (non-hydrogen) atoms. The Morgan fingerprint density at radius 2 is 1.54 bits per heavy atom. The second-order valence-corrected chi connectivity index (χ2v) is 11.0. The number of hydrogen-bond donors (Lipinski definition) is 0. The fourth-order valence-corrected chi connectivity index (χ4v) is 6.29. The lowest BCUT2D eigenvalue weighted by Crippen LogP contribution is -2.44. The molecule has 1 spiro atoms. The lowest BCUT2D eigenvalue weighted by molar-refractivity contribution is -0.384. The van der Waals surface area contributed by atoms with Gasteiger partial charge in [0.1, 0.15) is 11.0 Å². The molecule has 0 unspecified atom stereocenters. The molecule has 3 aromatic rings. The fourth-order valence-electron chi connectivity index (χ4n) is 6.29. The predicted molar refractivity (Wildman–Crippen MR) is 142 cm³/mol. The first kappa shape index (κ1) is 24.7. The predicted octanol–water partition coefficient (Wildman–Crippen LogP) is 4.86. The molecule has 3 aliphatic rings. The fraction of sp³-hybridized carbons (Fsp3) is 0.267. The normalized spacial score (nSPS) is 22.4. The molecule has 2 heterocycles. The summed E-state index contributed by atoms with van der Waals surface area (Å²) in [5.74, 6) is -2.48. The number of ketones is 2. The number of fused-ring (bicyclic) bond motifs is 5. The van der Waals surface area contributed by atoms with Crippen molar-refractivity contribution in [3.8, 4) is 0 Å². The second-order valence-electron chi connectivity index (χ2n) is 11.0. The van der Waals surface area contributed by atoms with Gasteiger partial charge in [-0.25, -0.2) is 4.79 Å². The first-order valence-corrected chi connectivity index (χ1v) is 12.6. The standard InChI is InChI=1S/C30H25N3O6/c1-29(2,3)39-28(36)24-23(17-12-14-19(15-13-17)33(37)38)30(26(34)21-10-6-7-11-22(21)27(30)35)25-20-9-5-4-8-18(20)16-31-32(24)25/h4-16,23-25H,1-3H3/t23-,24+,25+/m1/s1. The van der Waals surface area contributed by atoms with Crippen molar-refractivity contribution in [2.45, 2.75) is 44.4 Å². The first-order valence-electron chi connectivity index (χ1n) is 12.6. The van der Waals surface area contributed by atoms with Gasteiger partial charge in [0.05, 0.1) is 17.2 Å². The Morgan fingerprint density at radius 3 is 2.13 bits per heavy atom. The van der Waals surface area contributed by atoms with E-state index in [4.69, 9.17) is 4.74 Å². The molecule has 1 fully saturated rings. The zero-order chi connectivity index (χ0) is 27.7. The van der Waals surface area contributed by atoms with Crippen LogP contribution in [0.4, 0.5) is 5.69 Å². The van der Waals surface area contributed by atoms with Crippen LogP contribution in [0.15, 0.2) is 77.9 Å². The summed E-state index contributed by atoms with van der Waals surface area (Å²) in [6, 6.07) is 17.6. The number of non-ortho nitro benzene ring substituents is 1. The SMILES string of the molecule is CC(C)(C)OC(=O)[C@@H]1[C@@H](c2ccc([N+](=O)[O-])cc2)C2(C(=O)c3ccccc3C2=O)[C@@H]2c3ccccc3C=NN12. The van der Waals surface area contributed by atoms with E-state index in [0.717, 1.165) is 5.56 Å². The van der Waals surface area contributed by atoms with E-state index < -0.39 is 51.5 Å². The molecule has 0 radical (unpaired) electrons. The van der Waals surface area contributed by atoms with E-state index in [-0.39, 0.29) is 16.8 Å². The van der Waals surface area contributed by atoms with Crippen molar-refractivity contribution in [1.29, 1.82) is 0 Å². The Balaban J connectivity index is 1.66. The monoisotopic (exact) mass is 523 g/mol. The third kappa shape index (κ3) is 3.46. The number of hydrogen-bond acceptors (Lipinski definition) is 8. The Morgan fingerprint density at radius 1 is 0.949 bits per heavy atom. The average molecular weight is 524 g/mol. The van der Waals surface area contributed by atoms with Gasteiger partial charge in [0.25, 0.3) is 5.69 Å². The highest BCUT2D eigenvalue weighted by atomic mass is 16.6. The van der Waals surface area contributed by atoms with Gasteiger partial charge in [-0.05, 0) is 37.5 Å². The molecular formula is C30H25N3O6. The van der Waals surface area contributed by atoms with E-state index in [9.17, 15) is 24.5 Å². The Hall–Kier alpha value is -4.66. The van der Waals surface area contributed by atoms with Gasteiger partial charge < -0.3 is 4.74 Å². The quantitative estimate of drug-likeness (QED) is 0.208. The molecule has 9 nitrogen and oxygen atoms in total. The summed E-state index contributed by atoms with van der Waals surface area (Å²) in [5.41, 5.74) is -0.317. The number of benzene rings is 3. The van der Waals surface area contributed by atoms with Gasteiger partial charge in [-0.1, -0.05) is 60.7 Å². The lowest BCUT2D eigenvalue weighted by Gasteiger charge is -2.36. The van der Waals surface area contributed by atoms with Gasteiger partial charge in [0, 0.05) is 29.2 Å². The number of esters is 1. The maximum Gasteiger partial charge on any atom is 0.331 e. The van der Waals surface area contributed by atoms with Gasteiger partial charge in [-0.2, -0.15) is 5.10 Å². The minimum Gasteiger partial charge on any atom is -0.458 e. The van der Waals surface area contributed by atoms with Crippen LogP contribution in [0.2, 0.25) is 0 Å². The van der Waals surface area contributed by atoms with Crippen LogP contribution in [0.3, 0.4) is 0 Å². The van der Waals surface area contributed by atoms with Crippen LogP contribution in [0.25, 0.3) is 0 Å². The Kier molecular flexibility index (Phi) is 5.33. The van der Waals surface area contributed by atoms with E-state index in [1.807, 2.05) is 24.3 Å². The molecule has 3 aromatic carbocycles. The van der Waals surface area contributed by atoms with Gasteiger partial charge in [-0.15, -0.1) is 0 Å². The van der Waals surface area contributed by atoms with Crippen molar-refractivity contribution >= 4 is 29.4 Å². The first-order chi connectivity index (χ1) is 18.6. The second kappa shape index (κ2) is 8.42. The van der Waals surface area contributed by atoms with Crippen LogP contribution >= 0.6 is 0 Å². The van der Waals surface area contributed by atoms with Crippen molar-refractivity contribution in [1.82, 2.24) is 5.01 Å². The molecule has 0 aromatic heterocycles. The molecule has 0 bridgehead atoms. The van der Waals surface area contributed by atoms with Crippen LogP contribution < -0.4 is 0 Å². The van der Waals surface area contributed by atoms with Crippen LogP contribution in [0.1, 0.15) is 70.1 Å². The van der Waals surface area contributed by atoms with Crippen LogP contribution in [-0.2, 0) is 9.53 Å². The highest BCUT2D eigenvalue weighted by Gasteiger charge is 2.73. The van der Waals surface area contributed by atoms with Gasteiger partial charge in [0.15, 0.2) is 17.6 Å². The molecular weight excluding hydrogens is 498 g/mol. The van der Waals surface area contributed by atoms with Crippen molar-refractivity contribution in [3.05, 3.63) is 111 Å². The molecule has 6 rings (SSSR count). The van der Waals surface area contributed by atoms with Crippen molar-refractivity contribution in [2.75, 3.05) is 0 Å². The number of Topliss-reactive ketones (excluding diaryl/α,β-unsaturated/α-hetero) is 2. The number of rotatable bonds is 3. The molecule has 3 atom stereocenters. The zero-order valence-electron chi connectivity index (χ0n) is 21.5. The maximum atomic E-state index is 14.5. The topological polar surface area (TPSA) is 119 Å². The maximum absolute atomic E-state index is 14.5. The van der Waals surface area contributed by atoms with Crippen LogP contribution in [0, 0.1) is 15.5 Å². The number of nitro groups is 1. The van der Waals surface area contributed by atoms with Gasteiger partial charge >= 0.3 is 5.97 Å². The summed E-state index contributed by atoms with van der Waals surface area (Å²) < 4.78 is 5.84. The third-order valence-corrected chi connectivity index (χ3v) is 7.69. The highest BCUT2D eigenvalue weighted by Crippen LogP contribution is 2.64. The van der Waals surface area contributed by atoms with Gasteiger partial charge in [0.2, 0.25) is 0 Å². The van der Waals surface area contributed by atoms with Crippen LogP contribution in [0.5, 0.6) is 0 Å². The summed E-state index contributed by atoms with van der Waals surface area (Å²) in [4.78, 5) is 53.9. The van der Waals surface area contributed by atoms with Gasteiger partial charge in [-0.3, -0.25) is 24.7 Å². The van der Waals surface area contributed by atoms with Crippen molar-refractivity contribution in [3.63, 3.8) is 0 Å². The molecule has 1 saturated heterocycles. The number of nitrogens with zero attached hydrogens (tertiary/aromatic N) is 3.